The van der Waals surface area contributed by atoms with Crippen LogP contribution in [0.4, 0.5) is 0 Å². The summed E-state index contributed by atoms with van der Waals surface area (Å²) in [6, 6.07) is 20.7. The average molecular weight is 391 g/mol. The summed E-state index contributed by atoms with van der Waals surface area (Å²) in [5, 5.41) is 19.3. The summed E-state index contributed by atoms with van der Waals surface area (Å²) in [5.41, 5.74) is 7.60. The van der Waals surface area contributed by atoms with E-state index in [1.54, 1.807) is 7.11 Å². The molecule has 3 heteroatoms. The lowest BCUT2D eigenvalue weighted by molar-refractivity contribution is 0.279. The monoisotopic (exact) mass is 390 g/mol. The second kappa shape index (κ2) is 9.25. The lowest BCUT2D eigenvalue weighted by atomic mass is 9.84. The molecule has 3 aromatic rings. The maximum absolute atomic E-state index is 10.0. The lowest BCUT2D eigenvalue weighted by Gasteiger charge is -2.23. The third-order valence-corrected chi connectivity index (χ3v) is 5.83. The third kappa shape index (κ3) is 4.52. The maximum atomic E-state index is 10.0. The minimum Gasteiger partial charge on any atom is -0.496 e. The molecule has 0 radical (unpaired) electrons. The van der Waals surface area contributed by atoms with E-state index in [1.807, 2.05) is 30.3 Å². The summed E-state index contributed by atoms with van der Waals surface area (Å²) >= 11 is 0. The smallest absolute Gasteiger partial charge is 0.123 e. The van der Waals surface area contributed by atoms with E-state index in [0.29, 0.717) is 0 Å². The highest BCUT2D eigenvalue weighted by atomic mass is 16.5. The first-order valence-electron chi connectivity index (χ1n) is 10.1. The second-order valence-corrected chi connectivity index (χ2v) is 7.70. The predicted molar refractivity (Wildman–Crippen MR) is 117 cm³/mol. The molecule has 3 nitrogen and oxygen atoms in total. The molecular formula is C26H30O3. The number of hydrogen-bond donors (Lipinski definition) is 2. The molecule has 0 heterocycles. The summed E-state index contributed by atoms with van der Waals surface area (Å²) in [4.78, 5) is 0. The quantitative estimate of drug-likeness (QED) is 0.576. The fourth-order valence-electron chi connectivity index (χ4n) is 3.84. The van der Waals surface area contributed by atoms with Crippen LogP contribution in [0.3, 0.4) is 0 Å². The Morgan fingerprint density at radius 3 is 1.83 bits per heavy atom. The molecule has 0 aliphatic rings. The van der Waals surface area contributed by atoms with Crippen LogP contribution in [0.1, 0.15) is 64.6 Å². The van der Waals surface area contributed by atoms with Crippen molar-refractivity contribution in [2.45, 2.75) is 45.8 Å². The van der Waals surface area contributed by atoms with E-state index in [4.69, 9.17) is 4.74 Å². The molecule has 0 fully saturated rings. The van der Waals surface area contributed by atoms with Gasteiger partial charge in [0.05, 0.1) is 20.3 Å². The molecule has 0 bridgehead atoms. The van der Waals surface area contributed by atoms with Crippen molar-refractivity contribution >= 4 is 0 Å². The molecule has 3 aromatic carbocycles. The fourth-order valence-corrected chi connectivity index (χ4v) is 3.84. The minimum atomic E-state index is -0.0377. The SMILES string of the molecule is COc1cc(CO)c(C(C)c2ccc(CO)cc2)cc1C(C)c1ccc(C)cc1. The van der Waals surface area contributed by atoms with Crippen molar-refractivity contribution in [3.8, 4) is 5.75 Å². The van der Waals surface area contributed by atoms with Gasteiger partial charge in [-0.3, -0.25) is 0 Å². The van der Waals surface area contributed by atoms with Crippen molar-refractivity contribution in [2.75, 3.05) is 7.11 Å². The number of aliphatic hydroxyl groups excluding tert-OH is 2. The number of ether oxygens (including phenoxy) is 1. The van der Waals surface area contributed by atoms with E-state index in [2.05, 4.69) is 51.1 Å². The highest BCUT2D eigenvalue weighted by Crippen LogP contribution is 2.38. The van der Waals surface area contributed by atoms with E-state index >= 15 is 0 Å². The first kappa shape index (κ1) is 21.1. The van der Waals surface area contributed by atoms with Crippen molar-refractivity contribution < 1.29 is 14.9 Å². The molecule has 29 heavy (non-hydrogen) atoms. The van der Waals surface area contributed by atoms with Gasteiger partial charge in [-0.2, -0.15) is 0 Å². The maximum Gasteiger partial charge on any atom is 0.123 e. The van der Waals surface area contributed by atoms with Crippen LogP contribution in [-0.2, 0) is 13.2 Å². The lowest BCUT2D eigenvalue weighted by Crippen LogP contribution is -2.07. The molecule has 0 saturated carbocycles. The second-order valence-electron chi connectivity index (χ2n) is 7.70. The van der Waals surface area contributed by atoms with Crippen molar-refractivity contribution in [1.82, 2.24) is 0 Å². The number of hydrogen-bond acceptors (Lipinski definition) is 3. The Kier molecular flexibility index (Phi) is 6.73. The zero-order valence-electron chi connectivity index (χ0n) is 17.6. The topological polar surface area (TPSA) is 49.7 Å². The minimum absolute atomic E-state index is 0.0377. The fraction of sp³-hybridized carbons (Fsp3) is 0.308. The van der Waals surface area contributed by atoms with Crippen LogP contribution in [0, 0.1) is 6.92 Å². The Labute approximate surface area is 173 Å². The van der Waals surface area contributed by atoms with E-state index < -0.39 is 0 Å². The standard InChI is InChI=1S/C26H30O3/c1-17-5-9-21(10-6-17)19(3)25-14-24(23(16-28)13-26(25)29-4)18(2)22-11-7-20(15-27)8-12-22/h5-14,18-19,27-28H,15-16H2,1-4H3. The van der Waals surface area contributed by atoms with Gasteiger partial charge >= 0.3 is 0 Å². The van der Waals surface area contributed by atoms with Crippen molar-refractivity contribution in [3.63, 3.8) is 0 Å². The van der Waals surface area contributed by atoms with Crippen LogP contribution >= 0.6 is 0 Å². The number of benzene rings is 3. The van der Waals surface area contributed by atoms with Crippen LogP contribution in [0.5, 0.6) is 5.75 Å². The van der Waals surface area contributed by atoms with Gasteiger partial charge in [-0.25, -0.2) is 0 Å². The zero-order chi connectivity index (χ0) is 21.0. The highest BCUT2D eigenvalue weighted by molar-refractivity contribution is 5.50. The van der Waals surface area contributed by atoms with Gasteiger partial charge in [0.25, 0.3) is 0 Å². The molecule has 0 aliphatic heterocycles. The van der Waals surface area contributed by atoms with Gasteiger partial charge in [-0.05, 0) is 40.8 Å². The molecular weight excluding hydrogens is 360 g/mol. The van der Waals surface area contributed by atoms with E-state index in [0.717, 1.165) is 33.6 Å². The molecule has 0 amide bonds. The Hall–Kier alpha value is -2.62. The van der Waals surface area contributed by atoms with Crippen LogP contribution < -0.4 is 4.74 Å². The van der Waals surface area contributed by atoms with Crippen LogP contribution in [0.15, 0.2) is 60.7 Å². The summed E-state index contributed by atoms with van der Waals surface area (Å²) in [6.07, 6.45) is 0. The summed E-state index contributed by atoms with van der Waals surface area (Å²) in [5.74, 6) is 1.08. The normalized spacial score (nSPS) is 13.2. The predicted octanol–water partition coefficient (Wildman–Crippen LogP) is 5.29. The molecule has 3 rings (SSSR count). The van der Waals surface area contributed by atoms with Crippen LogP contribution in [0.2, 0.25) is 0 Å². The van der Waals surface area contributed by atoms with E-state index in [-0.39, 0.29) is 25.0 Å². The molecule has 0 saturated heterocycles. The van der Waals surface area contributed by atoms with Gasteiger partial charge in [0.15, 0.2) is 0 Å². The third-order valence-electron chi connectivity index (χ3n) is 5.83. The number of aryl methyl sites for hydroxylation is 1. The van der Waals surface area contributed by atoms with Gasteiger partial charge in [-0.15, -0.1) is 0 Å². The average Bonchev–Trinajstić information content (AvgIpc) is 2.77. The molecule has 2 atom stereocenters. The van der Waals surface area contributed by atoms with Crippen molar-refractivity contribution in [3.05, 3.63) is 99.6 Å². The van der Waals surface area contributed by atoms with Gasteiger partial charge < -0.3 is 14.9 Å². The summed E-state index contributed by atoms with van der Waals surface area (Å²) < 4.78 is 5.69. The van der Waals surface area contributed by atoms with Gasteiger partial charge in [0.2, 0.25) is 0 Å². The number of aliphatic hydroxyl groups is 2. The molecule has 0 aromatic heterocycles. The molecule has 2 unspecified atom stereocenters. The Bertz CT molecular complexity index is 943. The largest absolute Gasteiger partial charge is 0.496 e. The van der Waals surface area contributed by atoms with Gasteiger partial charge in [0.1, 0.15) is 5.75 Å². The van der Waals surface area contributed by atoms with Crippen LogP contribution in [-0.4, -0.2) is 17.3 Å². The van der Waals surface area contributed by atoms with E-state index in [9.17, 15) is 10.2 Å². The first-order chi connectivity index (χ1) is 14.0. The number of rotatable bonds is 7. The van der Waals surface area contributed by atoms with Crippen molar-refractivity contribution in [1.29, 1.82) is 0 Å². The number of methoxy groups -OCH3 is 1. The summed E-state index contributed by atoms with van der Waals surface area (Å²) in [7, 11) is 1.68. The van der Waals surface area contributed by atoms with E-state index in [1.165, 1.54) is 11.1 Å². The zero-order valence-corrected chi connectivity index (χ0v) is 17.6. The van der Waals surface area contributed by atoms with Gasteiger partial charge in [0, 0.05) is 17.4 Å². The Morgan fingerprint density at radius 1 is 0.759 bits per heavy atom. The Morgan fingerprint density at radius 2 is 1.31 bits per heavy atom. The van der Waals surface area contributed by atoms with Crippen molar-refractivity contribution in [2.24, 2.45) is 0 Å². The van der Waals surface area contributed by atoms with Gasteiger partial charge in [-0.1, -0.05) is 74.0 Å². The highest BCUT2D eigenvalue weighted by Gasteiger charge is 2.20. The van der Waals surface area contributed by atoms with Crippen LogP contribution in [0.25, 0.3) is 0 Å². The Balaban J connectivity index is 2.06. The molecule has 0 spiro atoms. The molecule has 0 aliphatic carbocycles. The molecule has 2 N–H and O–H groups in total. The molecule has 152 valence electrons. The first-order valence-corrected chi connectivity index (χ1v) is 10.1. The summed E-state index contributed by atoms with van der Waals surface area (Å²) in [6.45, 7) is 6.43.